The highest BCUT2D eigenvalue weighted by atomic mass is 32.2. The van der Waals surface area contributed by atoms with Gasteiger partial charge in [0.05, 0.1) is 10.5 Å². The number of benzene rings is 2. The highest BCUT2D eigenvalue weighted by Gasteiger charge is 2.23. The summed E-state index contributed by atoms with van der Waals surface area (Å²) < 4.78 is 60.1. The molecular formula is C17H13F2N3O5S. The van der Waals surface area contributed by atoms with Crippen LogP contribution in [0, 0.1) is 11.6 Å². The maximum Gasteiger partial charge on any atom is 0.341 e. The van der Waals surface area contributed by atoms with Gasteiger partial charge in [0.25, 0.3) is 5.89 Å². The third kappa shape index (κ3) is 4.21. The number of halogens is 2. The first kappa shape index (κ1) is 19.6. The number of carbonyl (C=O) groups excluding carboxylic acids is 1. The van der Waals surface area contributed by atoms with Gasteiger partial charge in [0.2, 0.25) is 15.9 Å². The molecule has 2 N–H and O–H groups in total. The van der Waals surface area contributed by atoms with Crippen molar-refractivity contribution >= 4 is 16.0 Å². The summed E-state index contributed by atoms with van der Waals surface area (Å²) in [6.45, 7) is 1.40. The van der Waals surface area contributed by atoms with Crippen molar-refractivity contribution in [1.29, 1.82) is 0 Å². The number of aromatic nitrogens is 2. The number of hydrogen-bond donors (Lipinski definition) is 1. The van der Waals surface area contributed by atoms with Gasteiger partial charge in [-0.15, -0.1) is 10.2 Å². The summed E-state index contributed by atoms with van der Waals surface area (Å²) in [5.41, 5.74) is -0.165. The minimum absolute atomic E-state index is 0.0697. The maximum atomic E-state index is 13.9. The molecular weight excluding hydrogens is 396 g/mol. The van der Waals surface area contributed by atoms with Crippen molar-refractivity contribution in [1.82, 2.24) is 10.2 Å². The third-order valence-electron chi connectivity index (χ3n) is 3.65. The average molecular weight is 409 g/mol. The molecule has 0 unspecified atom stereocenters. The SMILES string of the molecule is C[C@@H](OC(=O)c1cc(S(N)(=O)=O)ccc1F)c1nnc(-c2ccc(F)cc2)o1. The Morgan fingerprint density at radius 3 is 2.46 bits per heavy atom. The Morgan fingerprint density at radius 1 is 1.14 bits per heavy atom. The fourth-order valence-electron chi connectivity index (χ4n) is 2.22. The highest BCUT2D eigenvalue weighted by Crippen LogP contribution is 2.24. The zero-order valence-corrected chi connectivity index (χ0v) is 15.1. The zero-order valence-electron chi connectivity index (χ0n) is 14.3. The lowest BCUT2D eigenvalue weighted by Gasteiger charge is -2.10. The van der Waals surface area contributed by atoms with E-state index in [9.17, 15) is 22.0 Å². The summed E-state index contributed by atoms with van der Waals surface area (Å²) in [4.78, 5) is 11.8. The number of hydrogen-bond acceptors (Lipinski definition) is 7. The Labute approximate surface area is 158 Å². The second-order valence-electron chi connectivity index (χ2n) is 5.69. The summed E-state index contributed by atoms with van der Waals surface area (Å²) in [6.07, 6.45) is -1.06. The molecule has 28 heavy (non-hydrogen) atoms. The monoisotopic (exact) mass is 409 g/mol. The van der Waals surface area contributed by atoms with E-state index in [-0.39, 0.29) is 11.8 Å². The molecule has 0 bridgehead atoms. The molecule has 1 aromatic heterocycles. The second-order valence-corrected chi connectivity index (χ2v) is 7.25. The van der Waals surface area contributed by atoms with Gasteiger partial charge in [-0.1, -0.05) is 0 Å². The second kappa shape index (κ2) is 7.44. The normalized spacial score (nSPS) is 12.6. The average Bonchev–Trinajstić information content (AvgIpc) is 3.12. The molecule has 2 aromatic carbocycles. The number of ether oxygens (including phenoxy) is 1. The molecule has 0 aliphatic carbocycles. The number of primary sulfonamides is 1. The van der Waals surface area contributed by atoms with Crippen LogP contribution in [-0.4, -0.2) is 24.6 Å². The minimum Gasteiger partial charge on any atom is -0.449 e. The smallest absolute Gasteiger partial charge is 0.341 e. The molecule has 1 atom stereocenters. The van der Waals surface area contributed by atoms with E-state index < -0.39 is 44.2 Å². The van der Waals surface area contributed by atoms with Crippen LogP contribution in [0.5, 0.6) is 0 Å². The van der Waals surface area contributed by atoms with Gasteiger partial charge in [-0.3, -0.25) is 0 Å². The van der Waals surface area contributed by atoms with Crippen molar-refractivity contribution in [3.63, 3.8) is 0 Å². The minimum atomic E-state index is -4.13. The summed E-state index contributed by atoms with van der Waals surface area (Å²) >= 11 is 0. The first-order valence-electron chi connectivity index (χ1n) is 7.78. The van der Waals surface area contributed by atoms with E-state index in [4.69, 9.17) is 14.3 Å². The predicted octanol–water partition coefficient (Wildman–Crippen LogP) is 2.58. The first-order chi connectivity index (χ1) is 13.1. The van der Waals surface area contributed by atoms with Crippen LogP contribution in [0.4, 0.5) is 8.78 Å². The van der Waals surface area contributed by atoms with Gasteiger partial charge in [-0.2, -0.15) is 0 Å². The van der Waals surface area contributed by atoms with E-state index in [0.29, 0.717) is 5.56 Å². The standard InChI is InChI=1S/C17H13F2N3O5S/c1-9(15-21-22-16(27-15)10-2-4-11(18)5-3-10)26-17(23)13-8-12(28(20,24)25)6-7-14(13)19/h2-9H,1H3,(H2,20,24,25)/t9-/m1/s1. The molecule has 3 aromatic rings. The van der Waals surface area contributed by atoms with Crippen LogP contribution < -0.4 is 5.14 Å². The number of nitrogens with zero attached hydrogens (tertiary/aromatic N) is 2. The molecule has 0 fully saturated rings. The predicted molar refractivity (Wildman–Crippen MR) is 91.3 cm³/mol. The highest BCUT2D eigenvalue weighted by molar-refractivity contribution is 7.89. The van der Waals surface area contributed by atoms with E-state index in [1.807, 2.05) is 0 Å². The molecule has 0 saturated carbocycles. The van der Waals surface area contributed by atoms with Crippen molar-refractivity contribution in [3.8, 4) is 11.5 Å². The molecule has 0 spiro atoms. The van der Waals surface area contributed by atoms with E-state index in [1.54, 1.807) is 0 Å². The van der Waals surface area contributed by atoms with Gasteiger partial charge in [0.1, 0.15) is 11.6 Å². The zero-order chi connectivity index (χ0) is 20.5. The van der Waals surface area contributed by atoms with Crippen LogP contribution in [0.2, 0.25) is 0 Å². The summed E-state index contributed by atoms with van der Waals surface area (Å²) in [7, 11) is -4.13. The molecule has 0 radical (unpaired) electrons. The summed E-state index contributed by atoms with van der Waals surface area (Å²) in [5.74, 6) is -2.58. The van der Waals surface area contributed by atoms with Gasteiger partial charge < -0.3 is 9.15 Å². The quantitative estimate of drug-likeness (QED) is 0.642. The number of rotatable bonds is 5. The Balaban J connectivity index is 1.79. The fourth-order valence-corrected chi connectivity index (χ4v) is 2.76. The van der Waals surface area contributed by atoms with Crippen molar-refractivity contribution in [2.75, 3.05) is 0 Å². The van der Waals surface area contributed by atoms with Crippen molar-refractivity contribution in [2.24, 2.45) is 5.14 Å². The van der Waals surface area contributed by atoms with Gasteiger partial charge in [-0.05, 0) is 49.4 Å². The maximum absolute atomic E-state index is 13.9. The Morgan fingerprint density at radius 2 is 1.82 bits per heavy atom. The molecule has 0 saturated heterocycles. The van der Waals surface area contributed by atoms with Crippen LogP contribution >= 0.6 is 0 Å². The number of nitrogens with two attached hydrogens (primary N) is 1. The van der Waals surface area contributed by atoms with Crippen LogP contribution in [-0.2, 0) is 14.8 Å². The van der Waals surface area contributed by atoms with E-state index in [0.717, 1.165) is 18.2 Å². The lowest BCUT2D eigenvalue weighted by molar-refractivity contribution is 0.0274. The van der Waals surface area contributed by atoms with E-state index in [2.05, 4.69) is 10.2 Å². The van der Waals surface area contributed by atoms with Gasteiger partial charge in [0.15, 0.2) is 6.10 Å². The first-order valence-corrected chi connectivity index (χ1v) is 9.32. The summed E-state index contributed by atoms with van der Waals surface area (Å²) in [5, 5.41) is 12.5. The van der Waals surface area contributed by atoms with Crippen LogP contribution in [0.15, 0.2) is 51.8 Å². The van der Waals surface area contributed by atoms with Crippen LogP contribution in [0.3, 0.4) is 0 Å². The summed E-state index contributed by atoms with van der Waals surface area (Å²) in [6, 6.07) is 7.78. The number of carbonyl (C=O) groups is 1. The van der Waals surface area contributed by atoms with Crippen LogP contribution in [0.1, 0.15) is 29.3 Å². The molecule has 146 valence electrons. The fraction of sp³-hybridized carbons (Fsp3) is 0.118. The van der Waals surface area contributed by atoms with Gasteiger partial charge in [-0.25, -0.2) is 27.1 Å². The topological polar surface area (TPSA) is 125 Å². The molecule has 0 aliphatic heterocycles. The Bertz CT molecular complexity index is 1130. The molecule has 0 amide bonds. The lowest BCUT2D eigenvalue weighted by Crippen LogP contribution is -2.15. The van der Waals surface area contributed by atoms with E-state index >= 15 is 0 Å². The van der Waals surface area contributed by atoms with Gasteiger partial charge >= 0.3 is 5.97 Å². The lowest BCUT2D eigenvalue weighted by atomic mass is 10.2. The van der Waals surface area contributed by atoms with Crippen LogP contribution in [0.25, 0.3) is 11.5 Å². The number of esters is 1. The molecule has 0 aliphatic rings. The molecule has 1 heterocycles. The van der Waals surface area contributed by atoms with Crippen molar-refractivity contribution in [2.45, 2.75) is 17.9 Å². The number of sulfonamides is 1. The van der Waals surface area contributed by atoms with E-state index in [1.165, 1.54) is 31.2 Å². The molecule has 3 rings (SSSR count). The largest absolute Gasteiger partial charge is 0.449 e. The third-order valence-corrected chi connectivity index (χ3v) is 4.56. The van der Waals surface area contributed by atoms with Crippen molar-refractivity contribution < 1.29 is 31.1 Å². The Hall–Kier alpha value is -3.18. The molecule has 11 heteroatoms. The van der Waals surface area contributed by atoms with Gasteiger partial charge in [0, 0.05) is 5.56 Å². The molecule has 8 nitrogen and oxygen atoms in total. The Kier molecular flexibility index (Phi) is 5.21. The van der Waals surface area contributed by atoms with Crippen molar-refractivity contribution in [3.05, 3.63) is 65.6 Å².